The van der Waals surface area contributed by atoms with Crippen LogP contribution in [-0.2, 0) is 22.5 Å². The van der Waals surface area contributed by atoms with E-state index in [1.807, 2.05) is 25.1 Å². The van der Waals surface area contributed by atoms with Crippen molar-refractivity contribution in [2.45, 2.75) is 123 Å². The molecule has 0 aliphatic rings. The lowest BCUT2D eigenvalue weighted by molar-refractivity contribution is -0.904. The first-order chi connectivity index (χ1) is 19.3. The van der Waals surface area contributed by atoms with E-state index in [1.54, 1.807) is 0 Å². The van der Waals surface area contributed by atoms with Crippen molar-refractivity contribution in [3.05, 3.63) is 65.7 Å². The molecule has 0 saturated heterocycles. The molecule has 40 heavy (non-hydrogen) atoms. The van der Waals surface area contributed by atoms with Crippen LogP contribution in [0.3, 0.4) is 0 Å². The van der Waals surface area contributed by atoms with E-state index in [-0.39, 0.29) is 11.9 Å². The Kier molecular flexibility index (Phi) is 16.7. The van der Waals surface area contributed by atoms with Crippen LogP contribution in [0.5, 0.6) is 5.75 Å². The van der Waals surface area contributed by atoms with Crippen molar-refractivity contribution in [2.75, 3.05) is 20.6 Å². The van der Waals surface area contributed by atoms with Crippen LogP contribution in [0, 0.1) is 5.92 Å². The topological polar surface area (TPSA) is 35.5 Å². The van der Waals surface area contributed by atoms with Gasteiger partial charge in [0.1, 0.15) is 12.3 Å². The number of esters is 1. The molecule has 2 aromatic rings. The fourth-order valence-electron chi connectivity index (χ4n) is 5.14. The molecule has 2 aromatic carbocycles. The first kappa shape index (κ1) is 33.9. The van der Waals surface area contributed by atoms with Crippen LogP contribution >= 0.6 is 0 Å². The summed E-state index contributed by atoms with van der Waals surface area (Å²) in [5.74, 6) is 0.432. The highest BCUT2D eigenvalue weighted by atomic mass is 16.7. The molecule has 0 saturated carbocycles. The Morgan fingerprint density at radius 2 is 1.32 bits per heavy atom. The molecule has 0 aromatic heterocycles. The molecule has 0 N–H and O–H groups in total. The van der Waals surface area contributed by atoms with Gasteiger partial charge in [-0.2, -0.15) is 0 Å². The molecule has 0 amide bonds. The molecular formula is C36H58NO3+. The summed E-state index contributed by atoms with van der Waals surface area (Å²) >= 11 is 0. The lowest BCUT2D eigenvalue weighted by atomic mass is 10.0. The van der Waals surface area contributed by atoms with Gasteiger partial charge in [0.2, 0.25) is 6.29 Å². The SMILES string of the molecule is CCCCCCCCCCCCc1ccc(OC(CCC)OC(=O)C(C)CC[N+](C)(C)Cc2ccccc2)cc1. The molecule has 2 rings (SSSR count). The Labute approximate surface area is 246 Å². The van der Waals surface area contributed by atoms with Crippen LogP contribution in [0.4, 0.5) is 0 Å². The molecule has 0 aliphatic carbocycles. The molecule has 0 heterocycles. The summed E-state index contributed by atoms with van der Waals surface area (Å²) in [4.78, 5) is 12.9. The first-order valence-electron chi connectivity index (χ1n) is 16.1. The number of carbonyl (C=O) groups excluding carboxylic acids is 1. The van der Waals surface area contributed by atoms with Gasteiger partial charge in [-0.3, -0.25) is 4.79 Å². The Hall–Kier alpha value is -2.33. The number of rotatable bonds is 22. The van der Waals surface area contributed by atoms with Crippen LogP contribution < -0.4 is 4.74 Å². The molecule has 0 bridgehead atoms. The maximum atomic E-state index is 12.9. The lowest BCUT2D eigenvalue weighted by Gasteiger charge is -2.31. The maximum Gasteiger partial charge on any atom is 0.311 e. The quantitative estimate of drug-likeness (QED) is 0.0631. The maximum absolute atomic E-state index is 12.9. The second-order valence-corrected chi connectivity index (χ2v) is 12.3. The van der Waals surface area contributed by atoms with Gasteiger partial charge >= 0.3 is 5.97 Å². The largest absolute Gasteiger partial charge is 0.455 e. The van der Waals surface area contributed by atoms with Gasteiger partial charge in [-0.05, 0) is 37.0 Å². The molecule has 2 atom stereocenters. The zero-order chi connectivity index (χ0) is 29.1. The minimum absolute atomic E-state index is 0.167. The molecule has 224 valence electrons. The second-order valence-electron chi connectivity index (χ2n) is 12.3. The van der Waals surface area contributed by atoms with Gasteiger partial charge in [-0.1, -0.05) is 121 Å². The van der Waals surface area contributed by atoms with Gasteiger partial charge in [-0.25, -0.2) is 0 Å². The minimum Gasteiger partial charge on any atom is -0.455 e. The minimum atomic E-state index is -0.542. The average molecular weight is 553 g/mol. The first-order valence-corrected chi connectivity index (χ1v) is 16.1. The number of unbranched alkanes of at least 4 members (excludes halogenated alkanes) is 9. The fourth-order valence-corrected chi connectivity index (χ4v) is 5.14. The number of nitrogens with zero attached hydrogens (tertiary/aromatic N) is 1. The summed E-state index contributed by atoms with van der Waals surface area (Å²) in [7, 11) is 4.43. The lowest BCUT2D eigenvalue weighted by Crippen LogP contribution is -2.41. The molecule has 0 aliphatic heterocycles. The van der Waals surface area contributed by atoms with Crippen LogP contribution in [-0.4, -0.2) is 37.4 Å². The summed E-state index contributed by atoms with van der Waals surface area (Å²) in [5, 5.41) is 0. The Morgan fingerprint density at radius 1 is 0.725 bits per heavy atom. The number of carbonyl (C=O) groups is 1. The molecule has 0 fully saturated rings. The van der Waals surface area contributed by atoms with Crippen LogP contribution in [0.1, 0.15) is 115 Å². The van der Waals surface area contributed by atoms with Gasteiger partial charge in [-0.15, -0.1) is 0 Å². The Morgan fingerprint density at radius 3 is 1.93 bits per heavy atom. The van der Waals surface area contributed by atoms with Crippen LogP contribution in [0.15, 0.2) is 54.6 Å². The summed E-state index contributed by atoms with van der Waals surface area (Å²) in [6.45, 7) is 8.19. The summed E-state index contributed by atoms with van der Waals surface area (Å²) in [6, 6.07) is 18.9. The van der Waals surface area contributed by atoms with E-state index >= 15 is 0 Å². The van der Waals surface area contributed by atoms with Crippen molar-refractivity contribution >= 4 is 5.97 Å². The third-order valence-electron chi connectivity index (χ3n) is 7.81. The number of quaternary nitrogens is 1. The van der Waals surface area contributed by atoms with E-state index in [0.29, 0.717) is 6.42 Å². The van der Waals surface area contributed by atoms with E-state index in [1.165, 1.54) is 75.3 Å². The van der Waals surface area contributed by atoms with Crippen molar-refractivity contribution in [2.24, 2.45) is 5.92 Å². The highest BCUT2D eigenvalue weighted by molar-refractivity contribution is 5.72. The van der Waals surface area contributed by atoms with Crippen LogP contribution in [0.25, 0.3) is 0 Å². The Balaban J connectivity index is 1.69. The molecule has 2 unspecified atom stereocenters. The normalized spacial score (nSPS) is 13.1. The van der Waals surface area contributed by atoms with E-state index in [4.69, 9.17) is 9.47 Å². The van der Waals surface area contributed by atoms with Crippen molar-refractivity contribution < 1.29 is 18.8 Å². The number of ether oxygens (including phenoxy) is 2. The van der Waals surface area contributed by atoms with Gasteiger partial charge < -0.3 is 14.0 Å². The van der Waals surface area contributed by atoms with Gasteiger partial charge in [0, 0.05) is 18.4 Å². The number of benzene rings is 2. The third-order valence-corrected chi connectivity index (χ3v) is 7.81. The average Bonchev–Trinajstić information content (AvgIpc) is 2.94. The van der Waals surface area contributed by atoms with E-state index in [0.717, 1.165) is 42.6 Å². The molecule has 4 nitrogen and oxygen atoms in total. The third kappa shape index (κ3) is 14.9. The summed E-state index contributed by atoms with van der Waals surface area (Å²) in [6.07, 6.45) is 16.5. The standard InChI is InChI=1S/C36H58NO3/c1-6-8-9-10-11-12-13-14-15-17-21-32-24-26-34(27-25-32)39-35(20-7-2)40-36(38)31(3)28-29-37(4,5)30-33-22-18-16-19-23-33/h16,18-19,22-27,31,35H,6-15,17,20-21,28-30H2,1-5H3/q+1. The second kappa shape index (κ2) is 19.7. The Bertz CT molecular complexity index is 909. The molecule has 4 heteroatoms. The zero-order valence-corrected chi connectivity index (χ0v) is 26.3. The highest BCUT2D eigenvalue weighted by Crippen LogP contribution is 2.20. The predicted octanol–water partition coefficient (Wildman–Crippen LogP) is 9.50. The molecular weight excluding hydrogens is 494 g/mol. The summed E-state index contributed by atoms with van der Waals surface area (Å²) in [5.41, 5.74) is 2.66. The highest BCUT2D eigenvalue weighted by Gasteiger charge is 2.24. The smallest absolute Gasteiger partial charge is 0.311 e. The molecule has 0 spiro atoms. The molecule has 0 radical (unpaired) electrons. The fraction of sp³-hybridized carbons (Fsp3) is 0.639. The van der Waals surface area contributed by atoms with E-state index in [2.05, 4.69) is 64.3 Å². The number of aryl methyl sites for hydroxylation is 1. The zero-order valence-electron chi connectivity index (χ0n) is 26.3. The van der Waals surface area contributed by atoms with Gasteiger partial charge in [0.25, 0.3) is 0 Å². The van der Waals surface area contributed by atoms with Crippen molar-refractivity contribution in [1.82, 2.24) is 0 Å². The van der Waals surface area contributed by atoms with Gasteiger partial charge in [0.15, 0.2) is 0 Å². The van der Waals surface area contributed by atoms with Crippen molar-refractivity contribution in [3.63, 3.8) is 0 Å². The van der Waals surface area contributed by atoms with E-state index < -0.39 is 6.29 Å². The van der Waals surface area contributed by atoms with Crippen LogP contribution in [0.2, 0.25) is 0 Å². The van der Waals surface area contributed by atoms with Gasteiger partial charge in [0.05, 0.1) is 26.6 Å². The predicted molar refractivity (Wildman–Crippen MR) is 168 cm³/mol. The monoisotopic (exact) mass is 552 g/mol. The number of hydrogen-bond donors (Lipinski definition) is 0. The van der Waals surface area contributed by atoms with Crippen molar-refractivity contribution in [3.8, 4) is 5.75 Å². The number of hydrogen-bond acceptors (Lipinski definition) is 3. The van der Waals surface area contributed by atoms with Crippen molar-refractivity contribution in [1.29, 1.82) is 0 Å². The summed E-state index contributed by atoms with van der Waals surface area (Å²) < 4.78 is 12.8. The van der Waals surface area contributed by atoms with E-state index in [9.17, 15) is 4.79 Å².